The van der Waals surface area contributed by atoms with Crippen LogP contribution in [0.4, 0.5) is 23.1 Å². The SMILES string of the molecule is Cc1cc(Nc2ncc(Cl)c(Nc3ccccc3C(=O)N3CCC3)n2)c(OC(C)C)cc1C1CCN(C)CC1. The Morgan fingerprint density at radius 1 is 1.08 bits per heavy atom. The normalized spacial score (nSPS) is 16.2. The van der Waals surface area contributed by atoms with Crippen LogP contribution in [-0.2, 0) is 0 Å². The Bertz CT molecular complexity index is 1340. The minimum atomic E-state index is 0.00327. The number of hydrogen-bond donors (Lipinski definition) is 2. The molecule has 9 heteroatoms. The Morgan fingerprint density at radius 3 is 2.51 bits per heavy atom. The molecule has 0 aliphatic carbocycles. The van der Waals surface area contributed by atoms with Crippen LogP contribution in [0.3, 0.4) is 0 Å². The van der Waals surface area contributed by atoms with E-state index in [9.17, 15) is 4.79 Å². The Balaban J connectivity index is 1.41. The summed E-state index contributed by atoms with van der Waals surface area (Å²) in [5.41, 5.74) is 4.61. The van der Waals surface area contributed by atoms with Crippen molar-refractivity contribution in [2.45, 2.75) is 52.1 Å². The molecule has 0 saturated carbocycles. The molecule has 0 atom stereocenters. The van der Waals surface area contributed by atoms with Crippen molar-refractivity contribution in [2.75, 3.05) is 43.9 Å². The number of piperidine rings is 1. The Morgan fingerprint density at radius 2 is 1.82 bits per heavy atom. The number of ether oxygens (including phenoxy) is 1. The third-order valence-corrected chi connectivity index (χ3v) is 7.71. The van der Waals surface area contributed by atoms with E-state index in [0.29, 0.717) is 34.0 Å². The molecule has 1 amide bonds. The molecule has 2 aliphatic rings. The number of hydrogen-bond acceptors (Lipinski definition) is 7. The standard InChI is InChI=1S/C30H37ClN6O2/c1-19(2)39-27-17-23(21-10-14-36(4)15-11-21)20(3)16-26(27)34-30-32-18-24(31)28(35-30)33-25-9-6-5-8-22(25)29(38)37-12-7-13-37/h5-6,8-9,16-19,21H,7,10-15H2,1-4H3,(H2,32,33,34,35). The van der Waals surface area contributed by atoms with Crippen LogP contribution in [0.25, 0.3) is 0 Å². The summed E-state index contributed by atoms with van der Waals surface area (Å²) in [5.74, 6) is 2.11. The summed E-state index contributed by atoms with van der Waals surface area (Å²) in [4.78, 5) is 26.2. The van der Waals surface area contributed by atoms with Crippen molar-refractivity contribution in [1.29, 1.82) is 0 Å². The predicted octanol–water partition coefficient (Wildman–Crippen LogP) is 6.37. The highest BCUT2D eigenvalue weighted by atomic mass is 35.5. The molecule has 2 N–H and O–H groups in total. The van der Waals surface area contributed by atoms with Gasteiger partial charge < -0.3 is 25.2 Å². The lowest BCUT2D eigenvalue weighted by Gasteiger charge is -2.31. The van der Waals surface area contributed by atoms with Crippen LogP contribution in [0.15, 0.2) is 42.6 Å². The average Bonchev–Trinajstić information content (AvgIpc) is 2.87. The highest BCUT2D eigenvalue weighted by molar-refractivity contribution is 6.33. The summed E-state index contributed by atoms with van der Waals surface area (Å²) in [6.45, 7) is 9.98. The number of carbonyl (C=O) groups is 1. The van der Waals surface area contributed by atoms with E-state index in [0.717, 1.165) is 56.9 Å². The highest BCUT2D eigenvalue weighted by Crippen LogP contribution is 2.38. The molecule has 2 saturated heterocycles. The van der Waals surface area contributed by atoms with Crippen LogP contribution >= 0.6 is 11.6 Å². The summed E-state index contributed by atoms with van der Waals surface area (Å²) in [6, 6.07) is 11.7. The topological polar surface area (TPSA) is 82.6 Å². The molecule has 2 fully saturated rings. The third kappa shape index (κ3) is 6.28. The summed E-state index contributed by atoms with van der Waals surface area (Å²) in [6.07, 6.45) is 4.89. The Hall–Kier alpha value is -3.36. The van der Waals surface area contributed by atoms with Crippen LogP contribution in [0.5, 0.6) is 5.75 Å². The van der Waals surface area contributed by atoms with Gasteiger partial charge in [-0.05, 0) is 101 Å². The number of rotatable bonds is 8. The van der Waals surface area contributed by atoms with Crippen LogP contribution in [0.2, 0.25) is 5.02 Å². The van der Waals surface area contributed by atoms with E-state index in [1.807, 2.05) is 43.0 Å². The number of anilines is 4. The van der Waals surface area contributed by atoms with Crippen molar-refractivity contribution >= 4 is 40.6 Å². The molecule has 3 aromatic rings. The third-order valence-electron chi connectivity index (χ3n) is 7.43. The minimum absolute atomic E-state index is 0.00327. The minimum Gasteiger partial charge on any atom is -0.489 e. The number of carbonyl (C=O) groups excluding carboxylic acids is 1. The van der Waals surface area contributed by atoms with Crippen molar-refractivity contribution in [1.82, 2.24) is 19.8 Å². The molecule has 2 aliphatic heterocycles. The Kier molecular flexibility index (Phi) is 8.23. The number of amides is 1. The molecule has 0 bridgehead atoms. The van der Waals surface area contributed by atoms with E-state index in [1.165, 1.54) is 11.1 Å². The summed E-state index contributed by atoms with van der Waals surface area (Å²) >= 11 is 6.49. The van der Waals surface area contributed by atoms with Gasteiger partial charge in [-0.25, -0.2) is 4.98 Å². The second-order valence-corrected chi connectivity index (χ2v) is 11.2. The first-order valence-corrected chi connectivity index (χ1v) is 14.1. The molecule has 5 rings (SSSR count). The van der Waals surface area contributed by atoms with Crippen molar-refractivity contribution in [3.63, 3.8) is 0 Å². The lowest BCUT2D eigenvalue weighted by molar-refractivity contribution is 0.0653. The van der Waals surface area contributed by atoms with Gasteiger partial charge in [0.05, 0.1) is 29.2 Å². The van der Waals surface area contributed by atoms with E-state index in [-0.39, 0.29) is 12.0 Å². The van der Waals surface area contributed by atoms with Gasteiger partial charge in [-0.1, -0.05) is 23.7 Å². The quantitative estimate of drug-likeness (QED) is 0.338. The van der Waals surface area contributed by atoms with Gasteiger partial charge in [-0.3, -0.25) is 4.79 Å². The first-order valence-electron chi connectivity index (χ1n) is 13.7. The molecular formula is C30H37ClN6O2. The molecule has 206 valence electrons. The molecule has 0 spiro atoms. The molecule has 2 aromatic carbocycles. The zero-order chi connectivity index (χ0) is 27.5. The number of para-hydroxylation sites is 1. The fourth-order valence-corrected chi connectivity index (χ4v) is 5.28. The monoisotopic (exact) mass is 548 g/mol. The van der Waals surface area contributed by atoms with Crippen LogP contribution < -0.4 is 15.4 Å². The van der Waals surface area contributed by atoms with Gasteiger partial charge in [0.2, 0.25) is 5.95 Å². The molecule has 39 heavy (non-hydrogen) atoms. The first kappa shape index (κ1) is 27.2. The number of nitrogens with one attached hydrogen (secondary N) is 2. The lowest BCUT2D eigenvalue weighted by Crippen LogP contribution is -2.42. The maximum absolute atomic E-state index is 12.9. The van der Waals surface area contributed by atoms with Gasteiger partial charge in [0.15, 0.2) is 5.82 Å². The molecule has 3 heterocycles. The largest absolute Gasteiger partial charge is 0.489 e. The van der Waals surface area contributed by atoms with Crippen molar-refractivity contribution in [3.05, 3.63) is 64.3 Å². The van der Waals surface area contributed by atoms with Crippen LogP contribution in [-0.4, -0.2) is 65.0 Å². The predicted molar refractivity (Wildman–Crippen MR) is 157 cm³/mol. The molecule has 0 unspecified atom stereocenters. The molecular weight excluding hydrogens is 512 g/mol. The zero-order valence-electron chi connectivity index (χ0n) is 23.1. The number of benzene rings is 2. The Labute approximate surface area is 235 Å². The first-order chi connectivity index (χ1) is 18.8. The van der Waals surface area contributed by atoms with E-state index in [1.54, 1.807) is 6.20 Å². The van der Waals surface area contributed by atoms with Crippen molar-refractivity contribution < 1.29 is 9.53 Å². The molecule has 0 radical (unpaired) electrons. The van der Waals surface area contributed by atoms with Gasteiger partial charge in [0.1, 0.15) is 10.8 Å². The number of nitrogens with zero attached hydrogens (tertiary/aromatic N) is 4. The maximum atomic E-state index is 12.9. The number of aryl methyl sites for hydroxylation is 1. The lowest BCUT2D eigenvalue weighted by atomic mass is 9.86. The average molecular weight is 549 g/mol. The van der Waals surface area contributed by atoms with E-state index in [2.05, 4.69) is 51.6 Å². The second-order valence-electron chi connectivity index (χ2n) is 10.8. The van der Waals surface area contributed by atoms with Gasteiger partial charge in [-0.2, -0.15) is 4.98 Å². The number of likely N-dealkylation sites (tertiary alicyclic amines) is 2. The number of aromatic nitrogens is 2. The zero-order valence-corrected chi connectivity index (χ0v) is 23.9. The van der Waals surface area contributed by atoms with E-state index in [4.69, 9.17) is 16.3 Å². The molecule has 8 nitrogen and oxygen atoms in total. The van der Waals surface area contributed by atoms with Gasteiger partial charge in [0, 0.05) is 13.1 Å². The fraction of sp³-hybridized carbons (Fsp3) is 0.433. The fourth-order valence-electron chi connectivity index (χ4n) is 5.14. The van der Waals surface area contributed by atoms with E-state index >= 15 is 0 Å². The smallest absolute Gasteiger partial charge is 0.255 e. The highest BCUT2D eigenvalue weighted by Gasteiger charge is 2.25. The van der Waals surface area contributed by atoms with E-state index < -0.39 is 0 Å². The summed E-state index contributed by atoms with van der Waals surface area (Å²) in [7, 11) is 2.18. The summed E-state index contributed by atoms with van der Waals surface area (Å²) < 4.78 is 6.24. The van der Waals surface area contributed by atoms with Crippen LogP contribution in [0.1, 0.15) is 60.5 Å². The van der Waals surface area contributed by atoms with Gasteiger partial charge in [0.25, 0.3) is 5.91 Å². The van der Waals surface area contributed by atoms with Crippen LogP contribution in [0, 0.1) is 6.92 Å². The second kappa shape index (κ2) is 11.8. The number of halogens is 1. The summed E-state index contributed by atoms with van der Waals surface area (Å²) in [5, 5.41) is 6.97. The molecule has 1 aromatic heterocycles. The van der Waals surface area contributed by atoms with Gasteiger partial charge in [-0.15, -0.1) is 0 Å². The van der Waals surface area contributed by atoms with Crippen molar-refractivity contribution in [3.8, 4) is 5.75 Å². The van der Waals surface area contributed by atoms with Crippen molar-refractivity contribution in [2.24, 2.45) is 0 Å². The maximum Gasteiger partial charge on any atom is 0.255 e. The van der Waals surface area contributed by atoms with Gasteiger partial charge >= 0.3 is 0 Å².